The maximum atomic E-state index is 13.3. The lowest BCUT2D eigenvalue weighted by Gasteiger charge is -2.30. The minimum absolute atomic E-state index is 0.00887. The summed E-state index contributed by atoms with van der Waals surface area (Å²) < 4.78 is 7.08. The van der Waals surface area contributed by atoms with Gasteiger partial charge in [-0.1, -0.05) is 0 Å². The second kappa shape index (κ2) is 7.58. The fraction of sp³-hybridized carbons (Fsp3) is 0.318. The third-order valence-corrected chi connectivity index (χ3v) is 5.60. The molecule has 1 aromatic heterocycles. The third-order valence-electron chi connectivity index (χ3n) is 5.60. The molecule has 4 rings (SSSR count). The van der Waals surface area contributed by atoms with Gasteiger partial charge in [0.25, 0.3) is 5.69 Å². The van der Waals surface area contributed by atoms with Crippen LogP contribution in [0.2, 0.25) is 0 Å². The van der Waals surface area contributed by atoms with Gasteiger partial charge in [0, 0.05) is 41.0 Å². The smallest absolute Gasteiger partial charge is 0.270 e. The van der Waals surface area contributed by atoms with Crippen molar-refractivity contribution >= 4 is 28.2 Å². The number of hydrogen-bond donors (Lipinski definition) is 0. The summed E-state index contributed by atoms with van der Waals surface area (Å²) in [7, 11) is 1.62. The molecule has 1 atom stereocenters. The van der Waals surface area contributed by atoms with Crippen LogP contribution in [-0.4, -0.2) is 28.5 Å². The minimum Gasteiger partial charge on any atom is -0.497 e. The minimum atomic E-state index is -0.412. The summed E-state index contributed by atoms with van der Waals surface area (Å²) >= 11 is 0. The molecule has 0 N–H and O–H groups in total. The molecule has 1 heterocycles. The number of nitrogens with zero attached hydrogens (tertiary/aromatic N) is 3. The molecule has 0 bridgehead atoms. The summed E-state index contributed by atoms with van der Waals surface area (Å²) in [6, 6.07) is 14.2. The van der Waals surface area contributed by atoms with Crippen LogP contribution in [0.25, 0.3) is 10.9 Å². The number of aromatic nitrogens is 1. The van der Waals surface area contributed by atoms with Crippen LogP contribution < -0.4 is 9.64 Å². The average Bonchev–Trinajstić information content (AvgIpc) is 3.50. The van der Waals surface area contributed by atoms with Gasteiger partial charge in [-0.2, -0.15) is 0 Å². The van der Waals surface area contributed by atoms with E-state index in [0.29, 0.717) is 5.92 Å². The number of non-ortho nitro benzene ring substituents is 1. The summed E-state index contributed by atoms with van der Waals surface area (Å²) in [5, 5.41) is 11.7. The second-order valence-corrected chi connectivity index (χ2v) is 7.48. The van der Waals surface area contributed by atoms with Crippen molar-refractivity contribution < 1.29 is 14.5 Å². The lowest BCUT2D eigenvalue weighted by atomic mass is 10.1. The number of ether oxygens (including phenoxy) is 1. The van der Waals surface area contributed by atoms with E-state index < -0.39 is 4.92 Å². The fourth-order valence-corrected chi connectivity index (χ4v) is 3.80. The van der Waals surface area contributed by atoms with Gasteiger partial charge >= 0.3 is 0 Å². The van der Waals surface area contributed by atoms with E-state index >= 15 is 0 Å². The van der Waals surface area contributed by atoms with Crippen molar-refractivity contribution in [3.8, 4) is 5.75 Å². The van der Waals surface area contributed by atoms with Crippen molar-refractivity contribution in [3.63, 3.8) is 0 Å². The Balaban J connectivity index is 1.62. The van der Waals surface area contributed by atoms with Crippen LogP contribution in [0.3, 0.4) is 0 Å². The van der Waals surface area contributed by atoms with Crippen molar-refractivity contribution in [3.05, 3.63) is 64.8 Å². The number of fused-ring (bicyclic) bond motifs is 1. The summed E-state index contributed by atoms with van der Waals surface area (Å²) in [5.74, 6) is 1.26. The van der Waals surface area contributed by atoms with Crippen LogP contribution in [0.5, 0.6) is 5.75 Å². The van der Waals surface area contributed by atoms with E-state index in [1.54, 1.807) is 25.4 Å². The highest BCUT2D eigenvalue weighted by Crippen LogP contribution is 2.37. The Hall–Kier alpha value is -3.35. The maximum Gasteiger partial charge on any atom is 0.270 e. The molecule has 0 spiro atoms. The molecule has 7 nitrogen and oxygen atoms in total. The van der Waals surface area contributed by atoms with E-state index in [-0.39, 0.29) is 24.2 Å². The average molecular weight is 393 g/mol. The number of nitro benzene ring substituents is 1. The normalized spacial score (nSPS) is 14.6. The maximum absolute atomic E-state index is 13.3. The predicted molar refractivity (Wildman–Crippen MR) is 111 cm³/mol. The number of benzene rings is 2. The Morgan fingerprint density at radius 3 is 2.59 bits per heavy atom. The molecule has 1 unspecified atom stereocenters. The number of methoxy groups -OCH3 is 1. The number of rotatable bonds is 7. The molecule has 0 radical (unpaired) electrons. The highest BCUT2D eigenvalue weighted by Gasteiger charge is 2.35. The monoisotopic (exact) mass is 393 g/mol. The number of carbonyl (C=O) groups is 1. The Bertz CT molecular complexity index is 1050. The second-order valence-electron chi connectivity index (χ2n) is 7.48. The first-order chi connectivity index (χ1) is 14.0. The van der Waals surface area contributed by atoms with Gasteiger partial charge in [0.1, 0.15) is 12.3 Å². The standard InChI is InChI=1S/C22H23N3O4/c1-15(16-3-4-16)24(18-5-8-20(29-2)9-6-18)22(26)14-23-12-11-17-13-19(25(27)28)7-10-21(17)23/h5-13,15-16H,3-4,14H2,1-2H3. The molecule has 3 aromatic rings. The van der Waals surface area contributed by atoms with E-state index in [9.17, 15) is 14.9 Å². The van der Waals surface area contributed by atoms with Gasteiger partial charge in [-0.05, 0) is 62.1 Å². The molecule has 7 heteroatoms. The lowest BCUT2D eigenvalue weighted by molar-refractivity contribution is -0.384. The van der Waals surface area contributed by atoms with Crippen LogP contribution in [0.4, 0.5) is 11.4 Å². The molecule has 1 fully saturated rings. The van der Waals surface area contributed by atoms with Crippen molar-refractivity contribution in [2.75, 3.05) is 12.0 Å². The van der Waals surface area contributed by atoms with Crippen molar-refractivity contribution in [2.24, 2.45) is 5.92 Å². The number of amides is 1. The first-order valence-corrected chi connectivity index (χ1v) is 9.67. The third kappa shape index (κ3) is 3.81. The van der Waals surface area contributed by atoms with Gasteiger partial charge in [-0.3, -0.25) is 14.9 Å². The van der Waals surface area contributed by atoms with Gasteiger partial charge in [-0.25, -0.2) is 0 Å². The topological polar surface area (TPSA) is 77.6 Å². The molecule has 0 aliphatic heterocycles. The van der Waals surface area contributed by atoms with E-state index in [1.807, 2.05) is 33.7 Å². The SMILES string of the molecule is COc1ccc(N(C(=O)Cn2ccc3cc([N+](=O)[O-])ccc32)C(C)C2CC2)cc1. The number of nitro groups is 1. The summed E-state index contributed by atoms with van der Waals surface area (Å²) in [5.41, 5.74) is 1.70. The van der Waals surface area contributed by atoms with E-state index in [2.05, 4.69) is 6.92 Å². The zero-order valence-electron chi connectivity index (χ0n) is 16.4. The van der Waals surface area contributed by atoms with Gasteiger partial charge in [0.05, 0.1) is 12.0 Å². The van der Waals surface area contributed by atoms with E-state index in [0.717, 1.165) is 35.2 Å². The molecule has 2 aromatic carbocycles. The summed E-state index contributed by atoms with van der Waals surface area (Å²) in [6.45, 7) is 2.27. The summed E-state index contributed by atoms with van der Waals surface area (Å²) in [6.07, 6.45) is 4.08. The number of carbonyl (C=O) groups excluding carboxylic acids is 1. The molecule has 1 saturated carbocycles. The Morgan fingerprint density at radius 1 is 1.24 bits per heavy atom. The van der Waals surface area contributed by atoms with Crippen LogP contribution in [0.15, 0.2) is 54.7 Å². The molecule has 29 heavy (non-hydrogen) atoms. The van der Waals surface area contributed by atoms with Crippen molar-refractivity contribution in [1.29, 1.82) is 0 Å². The molecular weight excluding hydrogens is 370 g/mol. The molecule has 150 valence electrons. The highest BCUT2D eigenvalue weighted by atomic mass is 16.6. The molecule has 1 amide bonds. The van der Waals surface area contributed by atoms with Crippen molar-refractivity contribution in [2.45, 2.75) is 32.4 Å². The summed E-state index contributed by atoms with van der Waals surface area (Å²) in [4.78, 5) is 25.8. The molecular formula is C22H23N3O4. The van der Waals surface area contributed by atoms with Gasteiger partial charge in [0.2, 0.25) is 5.91 Å². The quantitative estimate of drug-likeness (QED) is 0.441. The fourth-order valence-electron chi connectivity index (χ4n) is 3.80. The van der Waals surface area contributed by atoms with Gasteiger partial charge < -0.3 is 14.2 Å². The number of anilines is 1. The zero-order chi connectivity index (χ0) is 20.5. The van der Waals surface area contributed by atoms with Crippen LogP contribution in [0.1, 0.15) is 19.8 Å². The highest BCUT2D eigenvalue weighted by molar-refractivity contribution is 5.95. The number of hydrogen-bond acceptors (Lipinski definition) is 4. The van der Waals surface area contributed by atoms with E-state index in [4.69, 9.17) is 4.74 Å². The largest absolute Gasteiger partial charge is 0.497 e. The first-order valence-electron chi connectivity index (χ1n) is 9.67. The van der Waals surface area contributed by atoms with Crippen LogP contribution in [-0.2, 0) is 11.3 Å². The molecule has 1 aliphatic carbocycles. The van der Waals surface area contributed by atoms with Crippen LogP contribution in [0, 0.1) is 16.0 Å². The van der Waals surface area contributed by atoms with Gasteiger partial charge in [-0.15, -0.1) is 0 Å². The Labute approximate surface area is 168 Å². The van der Waals surface area contributed by atoms with Crippen molar-refractivity contribution in [1.82, 2.24) is 4.57 Å². The Kier molecular flexibility index (Phi) is 4.96. The zero-order valence-corrected chi connectivity index (χ0v) is 16.4. The predicted octanol–water partition coefficient (Wildman–Crippen LogP) is 4.39. The molecule has 0 saturated heterocycles. The van der Waals surface area contributed by atoms with Gasteiger partial charge in [0.15, 0.2) is 0 Å². The lowest BCUT2D eigenvalue weighted by Crippen LogP contribution is -2.41. The molecule has 1 aliphatic rings. The van der Waals surface area contributed by atoms with E-state index in [1.165, 1.54) is 12.1 Å². The van der Waals surface area contributed by atoms with Crippen LogP contribution >= 0.6 is 0 Å². The Morgan fingerprint density at radius 2 is 1.97 bits per heavy atom. The first kappa shape index (κ1) is 19.0.